The standard InChI is InChI=1S/C15H27N3O/c1-5-10-6-8-11(9-7-10)13-17-14(19-18-13)12(16)15(2,3)4/h10-12H,5-9,16H2,1-4H3. The number of aromatic nitrogens is 2. The molecule has 1 saturated carbocycles. The van der Waals surface area contributed by atoms with E-state index in [1.165, 1.54) is 32.1 Å². The lowest BCUT2D eigenvalue weighted by atomic mass is 9.80. The summed E-state index contributed by atoms with van der Waals surface area (Å²) in [7, 11) is 0. The SMILES string of the molecule is CCC1CCC(c2noc(C(N)C(C)(C)C)n2)CC1. The lowest BCUT2D eigenvalue weighted by Gasteiger charge is -2.25. The maximum atomic E-state index is 6.16. The van der Waals surface area contributed by atoms with Crippen LogP contribution in [0.5, 0.6) is 0 Å². The van der Waals surface area contributed by atoms with Crippen molar-refractivity contribution in [3.05, 3.63) is 11.7 Å². The Morgan fingerprint density at radius 3 is 2.42 bits per heavy atom. The van der Waals surface area contributed by atoms with Gasteiger partial charge in [-0.3, -0.25) is 0 Å². The van der Waals surface area contributed by atoms with Crippen molar-refractivity contribution in [3.8, 4) is 0 Å². The molecule has 1 aliphatic carbocycles. The third-order valence-electron chi connectivity index (χ3n) is 4.45. The van der Waals surface area contributed by atoms with E-state index in [0.29, 0.717) is 11.8 Å². The molecule has 0 radical (unpaired) electrons. The van der Waals surface area contributed by atoms with Crippen LogP contribution in [0, 0.1) is 11.3 Å². The highest BCUT2D eigenvalue weighted by atomic mass is 16.5. The molecule has 0 bridgehead atoms. The first-order valence-electron chi connectivity index (χ1n) is 7.51. The Hall–Kier alpha value is -0.900. The number of hydrogen-bond donors (Lipinski definition) is 1. The predicted octanol–water partition coefficient (Wildman–Crippen LogP) is 3.80. The molecule has 0 aliphatic heterocycles. The summed E-state index contributed by atoms with van der Waals surface area (Å²) in [5.74, 6) is 2.80. The Bertz CT molecular complexity index is 400. The van der Waals surface area contributed by atoms with E-state index < -0.39 is 0 Å². The second kappa shape index (κ2) is 5.61. The summed E-state index contributed by atoms with van der Waals surface area (Å²) in [5.41, 5.74) is 6.11. The lowest BCUT2D eigenvalue weighted by Crippen LogP contribution is -2.26. The second-order valence-corrected chi connectivity index (χ2v) is 6.96. The average molecular weight is 265 g/mol. The summed E-state index contributed by atoms with van der Waals surface area (Å²) in [5, 5.41) is 4.16. The number of nitrogens with zero attached hydrogens (tertiary/aromatic N) is 2. The molecule has 1 heterocycles. The molecule has 1 atom stereocenters. The highest BCUT2D eigenvalue weighted by Crippen LogP contribution is 2.37. The molecular formula is C15H27N3O. The van der Waals surface area contributed by atoms with Crippen LogP contribution >= 0.6 is 0 Å². The van der Waals surface area contributed by atoms with Crippen molar-refractivity contribution < 1.29 is 4.52 Å². The van der Waals surface area contributed by atoms with Gasteiger partial charge in [0, 0.05) is 5.92 Å². The largest absolute Gasteiger partial charge is 0.338 e. The minimum absolute atomic E-state index is 0.0519. The predicted molar refractivity (Wildman–Crippen MR) is 75.7 cm³/mol. The van der Waals surface area contributed by atoms with Crippen LogP contribution in [0.15, 0.2) is 4.52 Å². The monoisotopic (exact) mass is 265 g/mol. The van der Waals surface area contributed by atoms with Crippen molar-refractivity contribution in [3.63, 3.8) is 0 Å². The van der Waals surface area contributed by atoms with Crippen LogP contribution in [0.25, 0.3) is 0 Å². The maximum absolute atomic E-state index is 6.16. The van der Waals surface area contributed by atoms with Crippen molar-refractivity contribution in [2.75, 3.05) is 0 Å². The molecule has 0 saturated heterocycles. The first kappa shape index (κ1) is 14.5. The molecule has 0 aromatic carbocycles. The fourth-order valence-electron chi connectivity index (χ4n) is 2.74. The first-order valence-corrected chi connectivity index (χ1v) is 7.51. The lowest BCUT2D eigenvalue weighted by molar-refractivity contribution is 0.250. The minimum Gasteiger partial charge on any atom is -0.338 e. The van der Waals surface area contributed by atoms with Crippen LogP contribution in [0.4, 0.5) is 0 Å². The van der Waals surface area contributed by atoms with Gasteiger partial charge in [0.05, 0.1) is 6.04 Å². The van der Waals surface area contributed by atoms with Crippen molar-refractivity contribution >= 4 is 0 Å². The molecule has 4 nitrogen and oxygen atoms in total. The van der Waals surface area contributed by atoms with Gasteiger partial charge in [0.2, 0.25) is 5.89 Å². The van der Waals surface area contributed by atoms with Gasteiger partial charge in [-0.15, -0.1) is 0 Å². The number of rotatable bonds is 3. The van der Waals surface area contributed by atoms with Gasteiger partial charge >= 0.3 is 0 Å². The van der Waals surface area contributed by atoms with Crippen molar-refractivity contribution in [2.45, 2.75) is 71.8 Å². The van der Waals surface area contributed by atoms with Gasteiger partial charge in [-0.2, -0.15) is 4.98 Å². The molecule has 1 aromatic heterocycles. The van der Waals surface area contributed by atoms with E-state index in [4.69, 9.17) is 10.3 Å². The van der Waals surface area contributed by atoms with Gasteiger partial charge < -0.3 is 10.3 Å². The molecule has 1 aliphatic rings. The van der Waals surface area contributed by atoms with Gasteiger partial charge in [-0.1, -0.05) is 39.3 Å². The van der Waals surface area contributed by atoms with Crippen molar-refractivity contribution in [1.82, 2.24) is 10.1 Å². The highest BCUT2D eigenvalue weighted by Gasteiger charge is 2.30. The molecule has 4 heteroatoms. The van der Waals surface area contributed by atoms with E-state index in [-0.39, 0.29) is 11.5 Å². The van der Waals surface area contributed by atoms with Crippen LogP contribution < -0.4 is 5.73 Å². The molecule has 1 aromatic rings. The van der Waals surface area contributed by atoms with Gasteiger partial charge in [-0.25, -0.2) is 0 Å². The fraction of sp³-hybridized carbons (Fsp3) is 0.867. The summed E-state index contributed by atoms with van der Waals surface area (Å²) in [6.07, 6.45) is 6.23. The van der Waals surface area contributed by atoms with E-state index in [1.54, 1.807) is 0 Å². The molecule has 1 fully saturated rings. The number of nitrogens with two attached hydrogens (primary N) is 1. The summed E-state index contributed by atoms with van der Waals surface area (Å²) in [6.45, 7) is 8.55. The summed E-state index contributed by atoms with van der Waals surface area (Å²) < 4.78 is 5.37. The number of hydrogen-bond acceptors (Lipinski definition) is 4. The van der Waals surface area contributed by atoms with Crippen LogP contribution in [0.2, 0.25) is 0 Å². The van der Waals surface area contributed by atoms with E-state index in [1.807, 2.05) is 0 Å². The minimum atomic E-state index is -0.194. The van der Waals surface area contributed by atoms with Gasteiger partial charge in [0.15, 0.2) is 5.82 Å². The first-order chi connectivity index (χ1) is 8.91. The van der Waals surface area contributed by atoms with E-state index in [2.05, 4.69) is 37.8 Å². The molecule has 0 spiro atoms. The molecule has 1 unspecified atom stereocenters. The smallest absolute Gasteiger partial charge is 0.244 e. The molecule has 108 valence electrons. The Labute approximate surface area is 116 Å². The summed E-state index contributed by atoms with van der Waals surface area (Å²) in [6, 6.07) is -0.194. The second-order valence-electron chi connectivity index (χ2n) is 6.96. The van der Waals surface area contributed by atoms with Gasteiger partial charge in [-0.05, 0) is 37.0 Å². The van der Waals surface area contributed by atoms with Crippen LogP contribution in [0.3, 0.4) is 0 Å². The van der Waals surface area contributed by atoms with E-state index in [9.17, 15) is 0 Å². The average Bonchev–Trinajstić information content (AvgIpc) is 2.86. The fourth-order valence-corrected chi connectivity index (χ4v) is 2.74. The Morgan fingerprint density at radius 2 is 1.89 bits per heavy atom. The van der Waals surface area contributed by atoms with Crippen LogP contribution in [-0.2, 0) is 0 Å². The zero-order chi connectivity index (χ0) is 14.0. The van der Waals surface area contributed by atoms with Crippen molar-refractivity contribution in [2.24, 2.45) is 17.1 Å². The summed E-state index contributed by atoms with van der Waals surface area (Å²) >= 11 is 0. The Balaban J connectivity index is 2.02. The Morgan fingerprint density at radius 1 is 1.26 bits per heavy atom. The molecular weight excluding hydrogens is 238 g/mol. The highest BCUT2D eigenvalue weighted by molar-refractivity contribution is 5.01. The third-order valence-corrected chi connectivity index (χ3v) is 4.45. The zero-order valence-corrected chi connectivity index (χ0v) is 12.6. The zero-order valence-electron chi connectivity index (χ0n) is 12.6. The molecule has 0 amide bonds. The van der Waals surface area contributed by atoms with Gasteiger partial charge in [0.1, 0.15) is 0 Å². The molecule has 2 N–H and O–H groups in total. The van der Waals surface area contributed by atoms with E-state index >= 15 is 0 Å². The maximum Gasteiger partial charge on any atom is 0.244 e. The van der Waals surface area contributed by atoms with Gasteiger partial charge in [0.25, 0.3) is 0 Å². The van der Waals surface area contributed by atoms with Crippen LogP contribution in [-0.4, -0.2) is 10.1 Å². The summed E-state index contributed by atoms with van der Waals surface area (Å²) in [4.78, 5) is 4.55. The van der Waals surface area contributed by atoms with Crippen molar-refractivity contribution in [1.29, 1.82) is 0 Å². The van der Waals surface area contributed by atoms with Crippen LogP contribution in [0.1, 0.15) is 83.5 Å². The van der Waals surface area contributed by atoms with E-state index in [0.717, 1.165) is 11.7 Å². The quantitative estimate of drug-likeness (QED) is 0.902. The normalized spacial score (nSPS) is 26.4. The molecule has 19 heavy (non-hydrogen) atoms. The Kier molecular flexibility index (Phi) is 4.29. The topological polar surface area (TPSA) is 64.9 Å². The third kappa shape index (κ3) is 3.35. The molecule has 2 rings (SSSR count).